The number of rotatable bonds is 8. The van der Waals surface area contributed by atoms with Crippen molar-refractivity contribution in [2.45, 2.75) is 19.9 Å². The van der Waals surface area contributed by atoms with Crippen LogP contribution in [-0.4, -0.2) is 37.3 Å². The predicted molar refractivity (Wildman–Crippen MR) is 158 cm³/mol. The fourth-order valence-electron chi connectivity index (χ4n) is 4.76. The van der Waals surface area contributed by atoms with E-state index >= 15 is 0 Å². The van der Waals surface area contributed by atoms with E-state index in [1.54, 1.807) is 55.5 Å². The van der Waals surface area contributed by atoms with Crippen molar-refractivity contribution in [2.75, 3.05) is 20.8 Å². The first-order valence-electron chi connectivity index (χ1n) is 13.1. The number of hydrogen-bond acceptors (Lipinski definition) is 9. The average Bonchev–Trinajstić information content (AvgIpc) is 3.30. The third-order valence-electron chi connectivity index (χ3n) is 6.51. The molecular formula is C32H28N2O7S. The maximum Gasteiger partial charge on any atom is 0.338 e. The largest absolute Gasteiger partial charge is 0.493 e. The van der Waals surface area contributed by atoms with Gasteiger partial charge in [0.05, 0.1) is 42.7 Å². The molecule has 42 heavy (non-hydrogen) atoms. The third-order valence-corrected chi connectivity index (χ3v) is 7.50. The van der Waals surface area contributed by atoms with E-state index in [1.807, 2.05) is 30.3 Å². The number of nitrogens with zero attached hydrogens (tertiary/aromatic N) is 2. The molecule has 0 N–H and O–H groups in total. The monoisotopic (exact) mass is 584 g/mol. The summed E-state index contributed by atoms with van der Waals surface area (Å²) in [5.74, 6) is 0.292. The molecule has 5 rings (SSSR count). The maximum atomic E-state index is 14.1. The van der Waals surface area contributed by atoms with Crippen LogP contribution in [0.15, 0.2) is 88.2 Å². The van der Waals surface area contributed by atoms with Gasteiger partial charge in [0.15, 0.2) is 16.3 Å². The highest BCUT2D eigenvalue weighted by molar-refractivity contribution is 7.07. The Balaban J connectivity index is 1.80. The molecule has 0 spiro atoms. The van der Waals surface area contributed by atoms with E-state index in [-0.39, 0.29) is 17.7 Å². The van der Waals surface area contributed by atoms with Gasteiger partial charge in [-0.3, -0.25) is 14.2 Å². The number of fused-ring (bicyclic) bond motifs is 1. The van der Waals surface area contributed by atoms with Crippen LogP contribution in [0, 0.1) is 0 Å². The number of thiazole rings is 1. The number of esters is 2. The third kappa shape index (κ3) is 5.61. The van der Waals surface area contributed by atoms with E-state index in [9.17, 15) is 14.4 Å². The molecular weight excluding hydrogens is 556 g/mol. The van der Waals surface area contributed by atoms with Gasteiger partial charge in [0.25, 0.3) is 5.56 Å². The van der Waals surface area contributed by atoms with Gasteiger partial charge in [-0.2, -0.15) is 0 Å². The Labute approximate surface area is 245 Å². The Hall–Kier alpha value is -4.96. The smallest absolute Gasteiger partial charge is 0.338 e. The van der Waals surface area contributed by atoms with Crippen molar-refractivity contribution in [3.8, 4) is 17.2 Å². The van der Waals surface area contributed by atoms with Crippen molar-refractivity contribution in [1.29, 1.82) is 0 Å². The van der Waals surface area contributed by atoms with Gasteiger partial charge in [-0.05, 0) is 48.4 Å². The van der Waals surface area contributed by atoms with Gasteiger partial charge in [0.2, 0.25) is 0 Å². The maximum absolute atomic E-state index is 14.1. The van der Waals surface area contributed by atoms with Gasteiger partial charge in [-0.15, -0.1) is 0 Å². The SMILES string of the molecule is CCOC(=O)C1=C(c2ccccc2)N=c2s/c(=C\c3cccc(OC(C)=O)c3)c(=O)n2[C@@H]1c1ccc(OC)c(OC)c1. The molecule has 0 saturated heterocycles. The molecule has 0 bridgehead atoms. The van der Waals surface area contributed by atoms with E-state index in [0.29, 0.717) is 49.0 Å². The summed E-state index contributed by atoms with van der Waals surface area (Å²) in [6.45, 7) is 3.20. The minimum Gasteiger partial charge on any atom is -0.493 e. The molecule has 2 heterocycles. The first-order valence-corrected chi connectivity index (χ1v) is 13.9. The minimum atomic E-state index is -0.871. The molecule has 0 amide bonds. The van der Waals surface area contributed by atoms with E-state index in [1.165, 1.54) is 37.0 Å². The molecule has 1 aromatic heterocycles. The molecule has 3 aromatic carbocycles. The van der Waals surface area contributed by atoms with E-state index in [2.05, 4.69) is 0 Å². The van der Waals surface area contributed by atoms with Crippen molar-refractivity contribution < 1.29 is 28.5 Å². The first-order chi connectivity index (χ1) is 20.3. The van der Waals surface area contributed by atoms with Gasteiger partial charge in [0.1, 0.15) is 5.75 Å². The summed E-state index contributed by atoms with van der Waals surface area (Å²) in [6.07, 6.45) is 1.71. The van der Waals surface area contributed by atoms with Crippen molar-refractivity contribution in [3.05, 3.63) is 115 Å². The summed E-state index contributed by atoms with van der Waals surface area (Å²) in [6, 6.07) is 20.6. The number of benzene rings is 3. The first kappa shape index (κ1) is 28.6. The van der Waals surface area contributed by atoms with Crippen molar-refractivity contribution in [2.24, 2.45) is 4.99 Å². The standard InChI is InChI=1S/C32H28N2O7S/c1-5-40-31(37)27-28(21-11-7-6-8-12-21)33-32-34(29(27)22-14-15-24(38-3)25(18-22)39-4)30(36)26(42-32)17-20-10-9-13-23(16-20)41-19(2)35/h6-18,29H,5H2,1-4H3/b26-17-/t29-/m1/s1. The van der Waals surface area contributed by atoms with Crippen molar-refractivity contribution in [1.82, 2.24) is 4.57 Å². The minimum absolute atomic E-state index is 0.145. The summed E-state index contributed by atoms with van der Waals surface area (Å²) < 4.78 is 23.6. The zero-order valence-corrected chi connectivity index (χ0v) is 24.3. The Morgan fingerprint density at radius 2 is 1.74 bits per heavy atom. The predicted octanol–water partition coefficient (Wildman–Crippen LogP) is 3.88. The van der Waals surface area contributed by atoms with Gasteiger partial charge < -0.3 is 18.9 Å². The molecule has 9 nitrogen and oxygen atoms in total. The summed E-state index contributed by atoms with van der Waals surface area (Å²) in [5, 5.41) is 0. The average molecular weight is 585 g/mol. The lowest BCUT2D eigenvalue weighted by atomic mass is 9.93. The van der Waals surface area contributed by atoms with Gasteiger partial charge in [-0.25, -0.2) is 9.79 Å². The van der Waals surface area contributed by atoms with Crippen LogP contribution in [0.2, 0.25) is 0 Å². The molecule has 0 fully saturated rings. The molecule has 214 valence electrons. The molecule has 0 saturated carbocycles. The molecule has 0 unspecified atom stereocenters. The number of carbonyl (C=O) groups is 2. The van der Waals surface area contributed by atoms with Crippen LogP contribution < -0.4 is 29.1 Å². The van der Waals surface area contributed by atoms with E-state index in [4.69, 9.17) is 23.9 Å². The van der Waals surface area contributed by atoms with Gasteiger partial charge >= 0.3 is 11.9 Å². The number of hydrogen-bond donors (Lipinski definition) is 0. The Bertz CT molecular complexity index is 1870. The molecule has 4 aromatic rings. The highest BCUT2D eigenvalue weighted by Gasteiger charge is 2.35. The normalized spacial score (nSPS) is 14.6. The van der Waals surface area contributed by atoms with E-state index < -0.39 is 18.0 Å². The second-order valence-electron chi connectivity index (χ2n) is 9.21. The lowest BCUT2D eigenvalue weighted by Crippen LogP contribution is -2.40. The topological polar surface area (TPSA) is 105 Å². The van der Waals surface area contributed by atoms with Gasteiger partial charge in [-0.1, -0.05) is 59.9 Å². The second kappa shape index (κ2) is 12.3. The van der Waals surface area contributed by atoms with Crippen LogP contribution in [0.3, 0.4) is 0 Å². The second-order valence-corrected chi connectivity index (χ2v) is 10.2. The van der Waals surface area contributed by atoms with Crippen molar-refractivity contribution >= 4 is 35.0 Å². The number of aromatic nitrogens is 1. The highest BCUT2D eigenvalue weighted by atomic mass is 32.1. The Morgan fingerprint density at radius 3 is 2.43 bits per heavy atom. The molecule has 0 aliphatic carbocycles. The van der Waals surface area contributed by atoms with Crippen LogP contribution >= 0.6 is 11.3 Å². The van der Waals surface area contributed by atoms with Gasteiger partial charge in [0, 0.05) is 12.5 Å². The summed E-state index contributed by atoms with van der Waals surface area (Å²) >= 11 is 1.20. The lowest BCUT2D eigenvalue weighted by molar-refractivity contribution is -0.139. The Kier molecular flexibility index (Phi) is 8.35. The van der Waals surface area contributed by atoms with Crippen LogP contribution in [0.4, 0.5) is 0 Å². The molecule has 1 aliphatic rings. The molecule has 1 aliphatic heterocycles. The van der Waals surface area contributed by atoms with Crippen LogP contribution in [0.25, 0.3) is 11.8 Å². The lowest BCUT2D eigenvalue weighted by Gasteiger charge is -2.26. The summed E-state index contributed by atoms with van der Waals surface area (Å²) in [4.78, 5) is 44.4. The summed E-state index contributed by atoms with van der Waals surface area (Å²) in [5.41, 5.74) is 2.28. The summed E-state index contributed by atoms with van der Waals surface area (Å²) in [7, 11) is 3.06. The number of methoxy groups -OCH3 is 2. The highest BCUT2D eigenvalue weighted by Crippen LogP contribution is 2.38. The van der Waals surface area contributed by atoms with Crippen LogP contribution in [0.5, 0.6) is 17.2 Å². The zero-order chi connectivity index (χ0) is 29.8. The zero-order valence-electron chi connectivity index (χ0n) is 23.5. The van der Waals surface area contributed by atoms with E-state index in [0.717, 1.165) is 0 Å². The molecule has 1 atom stereocenters. The Morgan fingerprint density at radius 1 is 0.976 bits per heavy atom. The van der Waals surface area contributed by atoms with Crippen LogP contribution in [-0.2, 0) is 14.3 Å². The van der Waals surface area contributed by atoms with Crippen LogP contribution in [0.1, 0.15) is 36.6 Å². The fourth-order valence-corrected chi connectivity index (χ4v) is 5.76. The fraction of sp³-hybridized carbons (Fsp3) is 0.188. The molecule has 10 heteroatoms. The quantitative estimate of drug-likeness (QED) is 0.229. The van der Waals surface area contributed by atoms with Crippen molar-refractivity contribution in [3.63, 3.8) is 0 Å². The number of carbonyl (C=O) groups excluding carboxylic acids is 2. The molecule has 0 radical (unpaired) electrons. The number of ether oxygens (including phenoxy) is 4.